The van der Waals surface area contributed by atoms with Crippen LogP contribution < -0.4 is 10.6 Å². The molecule has 0 spiro atoms. The highest BCUT2D eigenvalue weighted by Gasteiger charge is 2.27. The van der Waals surface area contributed by atoms with Crippen molar-refractivity contribution in [3.63, 3.8) is 0 Å². The molecule has 0 aromatic carbocycles. The summed E-state index contributed by atoms with van der Waals surface area (Å²) >= 11 is 0. The van der Waals surface area contributed by atoms with Crippen LogP contribution in [0.15, 0.2) is 12.2 Å². The van der Waals surface area contributed by atoms with Crippen LogP contribution >= 0.6 is 0 Å². The van der Waals surface area contributed by atoms with Crippen LogP contribution in [0.2, 0.25) is 0 Å². The molecule has 1 heterocycles. The Morgan fingerprint density at radius 2 is 2.25 bits per heavy atom. The van der Waals surface area contributed by atoms with Crippen molar-refractivity contribution in [3.8, 4) is 0 Å². The van der Waals surface area contributed by atoms with Gasteiger partial charge in [-0.1, -0.05) is 6.58 Å². The fourth-order valence-corrected chi connectivity index (χ4v) is 1.35. The topological polar surface area (TPSA) is 78.4 Å². The second-order valence-electron chi connectivity index (χ2n) is 4.55. The van der Waals surface area contributed by atoms with Gasteiger partial charge in [-0.2, -0.15) is 0 Å². The Balaban J connectivity index is 2.42. The maximum atomic E-state index is 11.4. The quantitative estimate of drug-likeness (QED) is 0.454. The molecule has 5 heteroatoms. The molecule has 0 aromatic heterocycles. The highest BCUT2D eigenvalue weighted by Crippen LogP contribution is 2.13. The van der Waals surface area contributed by atoms with E-state index < -0.39 is 5.60 Å². The normalized spacial score (nSPS) is 21.8. The van der Waals surface area contributed by atoms with Crippen LogP contribution in [0.1, 0.15) is 26.7 Å². The van der Waals surface area contributed by atoms with Gasteiger partial charge in [0.15, 0.2) is 0 Å². The van der Waals surface area contributed by atoms with Crippen LogP contribution in [0.25, 0.3) is 0 Å². The van der Waals surface area contributed by atoms with Gasteiger partial charge < -0.3 is 10.4 Å². The fraction of sp³-hybridized carbons (Fsp3) is 0.636. The number of carbonyl (C=O) groups excluding carboxylic acids is 2. The monoisotopic (exact) mass is 226 g/mol. The zero-order valence-electron chi connectivity index (χ0n) is 9.67. The summed E-state index contributed by atoms with van der Waals surface area (Å²) in [6.07, 6.45) is 0.836. The average molecular weight is 226 g/mol. The summed E-state index contributed by atoms with van der Waals surface area (Å²) in [4.78, 5) is 22.3. The number of imide groups is 1. The number of rotatable bonds is 4. The van der Waals surface area contributed by atoms with Gasteiger partial charge in [0, 0.05) is 13.0 Å². The van der Waals surface area contributed by atoms with E-state index in [9.17, 15) is 14.7 Å². The molecule has 5 nitrogen and oxygen atoms in total. The van der Waals surface area contributed by atoms with Crippen molar-refractivity contribution in [2.24, 2.45) is 0 Å². The lowest BCUT2D eigenvalue weighted by Crippen LogP contribution is -2.51. The van der Waals surface area contributed by atoms with E-state index >= 15 is 0 Å². The summed E-state index contributed by atoms with van der Waals surface area (Å²) in [5.41, 5.74) is -0.356. The summed E-state index contributed by atoms with van der Waals surface area (Å²) in [6.45, 7) is 7.38. The third kappa shape index (κ3) is 3.43. The molecule has 90 valence electrons. The van der Waals surface area contributed by atoms with Crippen LogP contribution in [-0.4, -0.2) is 35.1 Å². The SMILES string of the molecule is C=C(CNC1CCC(=O)NC1=O)C(C)(C)O. The predicted octanol–water partition coefficient (Wildman–Crippen LogP) is -0.292. The summed E-state index contributed by atoms with van der Waals surface area (Å²) in [5.74, 6) is -0.538. The van der Waals surface area contributed by atoms with E-state index in [2.05, 4.69) is 17.2 Å². The lowest BCUT2D eigenvalue weighted by Gasteiger charge is -2.25. The maximum Gasteiger partial charge on any atom is 0.243 e. The minimum atomic E-state index is -0.964. The zero-order valence-corrected chi connectivity index (χ0v) is 9.67. The van der Waals surface area contributed by atoms with Gasteiger partial charge in [-0.25, -0.2) is 0 Å². The van der Waals surface area contributed by atoms with Gasteiger partial charge in [-0.15, -0.1) is 0 Å². The minimum Gasteiger partial charge on any atom is -0.386 e. The first-order chi connectivity index (χ1) is 7.30. The molecule has 0 radical (unpaired) electrons. The zero-order chi connectivity index (χ0) is 12.3. The Morgan fingerprint density at radius 1 is 1.62 bits per heavy atom. The molecular formula is C11H18N2O3. The van der Waals surface area contributed by atoms with Gasteiger partial charge >= 0.3 is 0 Å². The van der Waals surface area contributed by atoms with Gasteiger partial charge in [0.25, 0.3) is 0 Å². The molecule has 0 aromatic rings. The number of hydrogen-bond donors (Lipinski definition) is 3. The number of aliphatic hydroxyl groups is 1. The van der Waals surface area contributed by atoms with Gasteiger partial charge in [-0.05, 0) is 25.8 Å². The van der Waals surface area contributed by atoms with Crippen molar-refractivity contribution in [1.29, 1.82) is 0 Å². The smallest absolute Gasteiger partial charge is 0.243 e. The van der Waals surface area contributed by atoms with Gasteiger partial charge in [-0.3, -0.25) is 14.9 Å². The van der Waals surface area contributed by atoms with Crippen LogP contribution in [0.5, 0.6) is 0 Å². The molecule has 0 aliphatic carbocycles. The molecule has 2 amide bonds. The van der Waals surface area contributed by atoms with E-state index in [-0.39, 0.29) is 17.9 Å². The minimum absolute atomic E-state index is 0.232. The van der Waals surface area contributed by atoms with Gasteiger partial charge in [0.1, 0.15) is 0 Å². The fourth-order valence-electron chi connectivity index (χ4n) is 1.35. The summed E-state index contributed by atoms with van der Waals surface area (Å²) in [7, 11) is 0. The first kappa shape index (κ1) is 12.9. The van der Waals surface area contributed by atoms with Crippen molar-refractivity contribution < 1.29 is 14.7 Å². The molecule has 1 saturated heterocycles. The second kappa shape index (κ2) is 4.76. The lowest BCUT2D eigenvalue weighted by atomic mass is 9.99. The maximum absolute atomic E-state index is 11.4. The Kier molecular flexibility index (Phi) is 3.83. The summed E-state index contributed by atoms with van der Waals surface area (Å²) in [6, 6.07) is -0.378. The molecule has 1 atom stereocenters. The Hall–Kier alpha value is -1.20. The largest absolute Gasteiger partial charge is 0.386 e. The predicted molar refractivity (Wildman–Crippen MR) is 59.6 cm³/mol. The molecule has 1 rings (SSSR count). The first-order valence-electron chi connectivity index (χ1n) is 5.28. The van der Waals surface area contributed by atoms with E-state index in [4.69, 9.17) is 0 Å². The number of carbonyl (C=O) groups is 2. The van der Waals surface area contributed by atoms with Crippen LogP contribution in [0.3, 0.4) is 0 Å². The second-order valence-corrected chi connectivity index (χ2v) is 4.55. The Bertz CT molecular complexity index is 318. The Labute approximate surface area is 94.9 Å². The van der Waals surface area contributed by atoms with Crippen molar-refractivity contribution in [2.75, 3.05) is 6.54 Å². The lowest BCUT2D eigenvalue weighted by molar-refractivity contribution is -0.134. The third-order valence-electron chi connectivity index (χ3n) is 2.67. The van der Waals surface area contributed by atoms with E-state index in [1.165, 1.54) is 0 Å². The van der Waals surface area contributed by atoms with Gasteiger partial charge in [0.2, 0.25) is 11.8 Å². The molecule has 1 fully saturated rings. The van der Waals surface area contributed by atoms with Crippen molar-refractivity contribution in [2.45, 2.75) is 38.3 Å². The molecule has 0 bridgehead atoms. The molecular weight excluding hydrogens is 208 g/mol. The number of piperidine rings is 1. The van der Waals surface area contributed by atoms with E-state index in [1.54, 1.807) is 13.8 Å². The Morgan fingerprint density at radius 3 is 2.75 bits per heavy atom. The number of amides is 2. The van der Waals surface area contributed by atoms with Crippen molar-refractivity contribution >= 4 is 11.8 Å². The van der Waals surface area contributed by atoms with E-state index in [0.717, 1.165) is 0 Å². The van der Waals surface area contributed by atoms with Crippen LogP contribution in [0, 0.1) is 0 Å². The van der Waals surface area contributed by atoms with E-state index in [0.29, 0.717) is 25.0 Å². The third-order valence-corrected chi connectivity index (χ3v) is 2.67. The molecule has 1 aliphatic heterocycles. The van der Waals surface area contributed by atoms with Crippen molar-refractivity contribution in [3.05, 3.63) is 12.2 Å². The van der Waals surface area contributed by atoms with Gasteiger partial charge in [0.05, 0.1) is 11.6 Å². The van der Waals surface area contributed by atoms with Crippen LogP contribution in [0.4, 0.5) is 0 Å². The highest BCUT2D eigenvalue weighted by molar-refractivity contribution is 6.00. The van der Waals surface area contributed by atoms with E-state index in [1.807, 2.05) is 0 Å². The molecule has 1 unspecified atom stereocenters. The standard InChI is InChI=1S/C11H18N2O3/c1-7(11(2,3)16)6-12-8-4-5-9(14)13-10(8)15/h8,12,16H,1,4-6H2,2-3H3,(H,13,14,15). The number of hydrogen-bond acceptors (Lipinski definition) is 4. The number of nitrogens with one attached hydrogen (secondary N) is 2. The van der Waals surface area contributed by atoms with Crippen LogP contribution in [-0.2, 0) is 9.59 Å². The summed E-state index contributed by atoms with van der Waals surface area (Å²) in [5, 5.41) is 14.9. The first-order valence-corrected chi connectivity index (χ1v) is 5.28. The van der Waals surface area contributed by atoms with Crippen molar-refractivity contribution in [1.82, 2.24) is 10.6 Å². The molecule has 0 saturated carbocycles. The highest BCUT2D eigenvalue weighted by atomic mass is 16.3. The summed E-state index contributed by atoms with van der Waals surface area (Å²) < 4.78 is 0. The molecule has 3 N–H and O–H groups in total. The molecule has 16 heavy (non-hydrogen) atoms. The molecule has 1 aliphatic rings. The average Bonchev–Trinajstić information content (AvgIpc) is 2.14.